The predicted octanol–water partition coefficient (Wildman–Crippen LogP) is 5.71. The molecule has 3 heterocycles. The van der Waals surface area contributed by atoms with E-state index in [0.29, 0.717) is 19.8 Å². The Hall–Kier alpha value is -2.12. The summed E-state index contributed by atoms with van der Waals surface area (Å²) >= 11 is 0. The summed E-state index contributed by atoms with van der Waals surface area (Å²) in [6.45, 7) is 15.8. The number of aliphatic hydroxyl groups excluding tert-OH is 1. The van der Waals surface area contributed by atoms with Crippen molar-refractivity contribution in [1.29, 1.82) is 0 Å². The maximum absolute atomic E-state index is 11.6. The highest BCUT2D eigenvalue weighted by Gasteiger charge is 2.55. The van der Waals surface area contributed by atoms with Crippen LogP contribution in [-0.2, 0) is 50.8 Å². The van der Waals surface area contributed by atoms with Crippen molar-refractivity contribution in [3.05, 3.63) is 84.1 Å². The molecule has 10 heteroatoms. The van der Waals surface area contributed by atoms with Gasteiger partial charge >= 0.3 is 0 Å². The Kier molecular flexibility index (Phi) is 10.9. The topological polar surface area (TPSA) is 94.1 Å². The molecule has 3 aliphatic heterocycles. The SMILES string of the molecule is CC1(C)OC[C@H]([C@H]2O[C@@H](OC[C@H]3OC=C[C@@H](OCc4ccccc4)[C@@H]3OCc3ccccc3)[C@H](O)[C@H]2O[Si](C)(C)C(C)(C)C)O1. The number of hydrogen-bond acceptors (Lipinski definition) is 9. The molecule has 0 spiro atoms. The van der Waals surface area contributed by atoms with Crippen LogP contribution in [0.3, 0.4) is 0 Å². The minimum Gasteiger partial charge on any atom is -0.493 e. The first kappa shape index (κ1) is 34.2. The van der Waals surface area contributed by atoms with E-state index in [1.807, 2.05) is 80.6 Å². The zero-order valence-corrected chi connectivity index (χ0v) is 28.6. The van der Waals surface area contributed by atoms with Gasteiger partial charge in [0, 0.05) is 0 Å². The van der Waals surface area contributed by atoms with Crippen molar-refractivity contribution in [2.75, 3.05) is 13.2 Å². The lowest BCUT2D eigenvalue weighted by atomic mass is 10.1. The Balaban J connectivity index is 1.29. The quantitative estimate of drug-likeness (QED) is 0.292. The second-order valence-corrected chi connectivity index (χ2v) is 18.8. The van der Waals surface area contributed by atoms with Gasteiger partial charge in [-0.05, 0) is 49.2 Å². The van der Waals surface area contributed by atoms with Gasteiger partial charge in [0.15, 0.2) is 26.5 Å². The van der Waals surface area contributed by atoms with Crippen molar-refractivity contribution in [2.24, 2.45) is 0 Å². The fourth-order valence-corrected chi connectivity index (χ4v) is 6.77. The molecule has 45 heavy (non-hydrogen) atoms. The van der Waals surface area contributed by atoms with E-state index in [9.17, 15) is 5.11 Å². The second-order valence-electron chi connectivity index (χ2n) is 14.0. The molecule has 0 aliphatic carbocycles. The highest BCUT2D eigenvalue weighted by atomic mass is 28.4. The van der Waals surface area contributed by atoms with E-state index >= 15 is 0 Å². The number of ether oxygens (including phenoxy) is 7. The van der Waals surface area contributed by atoms with Crippen molar-refractivity contribution in [2.45, 2.75) is 121 Å². The van der Waals surface area contributed by atoms with Gasteiger partial charge in [0.05, 0.1) is 32.7 Å². The van der Waals surface area contributed by atoms with Crippen LogP contribution >= 0.6 is 0 Å². The number of benzene rings is 2. The highest BCUT2D eigenvalue weighted by molar-refractivity contribution is 6.74. The van der Waals surface area contributed by atoms with E-state index in [1.165, 1.54) is 0 Å². The fraction of sp³-hybridized carbons (Fsp3) is 0.600. The molecule has 2 saturated heterocycles. The first-order chi connectivity index (χ1) is 21.3. The van der Waals surface area contributed by atoms with Gasteiger partial charge in [-0.25, -0.2) is 0 Å². The van der Waals surface area contributed by atoms with Crippen LogP contribution in [0.5, 0.6) is 0 Å². The average Bonchev–Trinajstić information content (AvgIpc) is 3.52. The summed E-state index contributed by atoms with van der Waals surface area (Å²) in [6, 6.07) is 20.0. The largest absolute Gasteiger partial charge is 0.493 e. The van der Waals surface area contributed by atoms with Crippen LogP contribution in [0.15, 0.2) is 73.0 Å². The first-order valence-corrected chi connectivity index (χ1v) is 18.8. The Morgan fingerprint density at radius 1 is 0.889 bits per heavy atom. The maximum atomic E-state index is 11.6. The molecule has 0 saturated carbocycles. The van der Waals surface area contributed by atoms with Gasteiger partial charge in [0.25, 0.3) is 0 Å². The molecule has 0 unspecified atom stereocenters. The summed E-state index contributed by atoms with van der Waals surface area (Å²) in [6.07, 6.45) is -1.47. The van der Waals surface area contributed by atoms with Crippen molar-refractivity contribution in [3.63, 3.8) is 0 Å². The zero-order chi connectivity index (χ0) is 32.2. The average molecular weight is 643 g/mol. The molecule has 0 amide bonds. The van der Waals surface area contributed by atoms with Crippen LogP contribution < -0.4 is 0 Å². The summed E-state index contributed by atoms with van der Waals surface area (Å²) in [5.74, 6) is -0.750. The molecule has 2 aromatic carbocycles. The number of rotatable bonds is 12. The smallest absolute Gasteiger partial charge is 0.192 e. The third-order valence-electron chi connectivity index (χ3n) is 9.07. The van der Waals surface area contributed by atoms with Crippen LogP contribution in [0.25, 0.3) is 0 Å². The maximum Gasteiger partial charge on any atom is 0.192 e. The van der Waals surface area contributed by atoms with Crippen molar-refractivity contribution < 1.29 is 42.7 Å². The van der Waals surface area contributed by atoms with Crippen LogP contribution in [0.2, 0.25) is 18.1 Å². The van der Waals surface area contributed by atoms with E-state index in [4.69, 9.17) is 37.6 Å². The molecular weight excluding hydrogens is 592 g/mol. The summed E-state index contributed by atoms with van der Waals surface area (Å²) in [5.41, 5.74) is 2.10. The summed E-state index contributed by atoms with van der Waals surface area (Å²) in [7, 11) is -2.29. The van der Waals surface area contributed by atoms with E-state index in [0.717, 1.165) is 11.1 Å². The molecule has 1 N–H and O–H groups in total. The number of aliphatic hydroxyl groups is 1. The Bertz CT molecular complexity index is 1230. The monoisotopic (exact) mass is 642 g/mol. The minimum atomic E-state index is -2.29. The van der Waals surface area contributed by atoms with Gasteiger partial charge < -0.3 is 42.7 Å². The van der Waals surface area contributed by atoms with Gasteiger partial charge in [-0.3, -0.25) is 0 Å². The zero-order valence-electron chi connectivity index (χ0n) is 27.6. The lowest BCUT2D eigenvalue weighted by molar-refractivity contribution is -0.214. The Labute approximate surface area is 268 Å². The van der Waals surface area contributed by atoms with Crippen LogP contribution in [0.1, 0.15) is 45.7 Å². The molecule has 3 aliphatic rings. The van der Waals surface area contributed by atoms with Gasteiger partial charge in [0.1, 0.15) is 36.6 Å². The van der Waals surface area contributed by atoms with Gasteiger partial charge in [-0.1, -0.05) is 81.4 Å². The van der Waals surface area contributed by atoms with E-state index < -0.39 is 57.0 Å². The van der Waals surface area contributed by atoms with Gasteiger partial charge in [-0.2, -0.15) is 0 Å². The van der Waals surface area contributed by atoms with Crippen molar-refractivity contribution in [1.82, 2.24) is 0 Å². The van der Waals surface area contributed by atoms with Gasteiger partial charge in [0.2, 0.25) is 0 Å². The number of hydrogen-bond donors (Lipinski definition) is 1. The fourth-order valence-electron chi connectivity index (χ4n) is 5.46. The van der Waals surface area contributed by atoms with Crippen LogP contribution in [0.4, 0.5) is 0 Å². The standard InChI is InChI=1S/C35H50O9Si/c1-34(2,3)45(6,7)44-32-29(36)33(42-31(32)28-23-41-35(4,5)43-28)40-22-27-30(39-21-25-16-12-9-13-17-25)26(18-19-37-27)38-20-24-14-10-8-11-15-24/h8-19,26-33,36H,20-23H2,1-7H3/t26-,27-,28-,29-,30+,31-,32-,33-/m1/s1. The molecule has 2 aromatic rings. The molecule has 2 fully saturated rings. The third kappa shape index (κ3) is 8.62. The van der Waals surface area contributed by atoms with Gasteiger partial charge in [-0.15, -0.1) is 0 Å². The minimum absolute atomic E-state index is 0.0666. The molecule has 9 nitrogen and oxygen atoms in total. The Morgan fingerprint density at radius 3 is 2.09 bits per heavy atom. The van der Waals surface area contributed by atoms with Crippen LogP contribution in [-0.4, -0.2) is 81.4 Å². The first-order valence-electron chi connectivity index (χ1n) is 15.9. The van der Waals surface area contributed by atoms with E-state index in [1.54, 1.807) is 6.26 Å². The third-order valence-corrected chi connectivity index (χ3v) is 13.5. The predicted molar refractivity (Wildman–Crippen MR) is 172 cm³/mol. The van der Waals surface area contributed by atoms with Crippen LogP contribution in [0, 0.1) is 0 Å². The van der Waals surface area contributed by atoms with Crippen molar-refractivity contribution in [3.8, 4) is 0 Å². The summed E-state index contributed by atoms with van der Waals surface area (Å²) in [4.78, 5) is 0. The highest BCUT2D eigenvalue weighted by Crippen LogP contribution is 2.42. The molecule has 0 aromatic heterocycles. The lowest BCUT2D eigenvalue weighted by Gasteiger charge is -2.40. The van der Waals surface area contributed by atoms with E-state index in [2.05, 4.69) is 33.9 Å². The summed E-state index contributed by atoms with van der Waals surface area (Å²) < 4.78 is 50.3. The van der Waals surface area contributed by atoms with E-state index in [-0.39, 0.29) is 17.7 Å². The molecule has 0 radical (unpaired) electrons. The molecular formula is C35H50O9Si. The molecule has 8 atom stereocenters. The Morgan fingerprint density at radius 2 is 1.51 bits per heavy atom. The second kappa shape index (κ2) is 14.3. The molecule has 0 bridgehead atoms. The van der Waals surface area contributed by atoms with Crippen molar-refractivity contribution >= 4 is 8.32 Å². The molecule has 248 valence electrons. The summed E-state index contributed by atoms with van der Waals surface area (Å²) in [5, 5.41) is 11.5. The normalized spacial score (nSPS) is 31.6. The lowest BCUT2D eigenvalue weighted by Crippen LogP contribution is -2.52. The molecule has 5 rings (SSSR count).